The van der Waals surface area contributed by atoms with Crippen LogP contribution in [0.15, 0.2) is 0 Å². The molecule has 13 heavy (non-hydrogen) atoms. The van der Waals surface area contributed by atoms with Gasteiger partial charge in [0.2, 0.25) is 0 Å². The van der Waals surface area contributed by atoms with Crippen molar-refractivity contribution >= 4 is 15.9 Å². The summed E-state index contributed by atoms with van der Waals surface area (Å²) in [6, 6.07) is 0. The number of rotatable bonds is 2. The van der Waals surface area contributed by atoms with Crippen LogP contribution in [0.2, 0.25) is 0 Å². The summed E-state index contributed by atoms with van der Waals surface area (Å²) in [5.41, 5.74) is 0.489. The minimum atomic E-state index is 0.489. The summed E-state index contributed by atoms with van der Waals surface area (Å²) in [7, 11) is 0. The van der Waals surface area contributed by atoms with E-state index >= 15 is 0 Å². The number of halogens is 1. The molecule has 0 heterocycles. The van der Waals surface area contributed by atoms with Gasteiger partial charge >= 0.3 is 0 Å². The molecule has 1 fully saturated rings. The van der Waals surface area contributed by atoms with E-state index in [2.05, 4.69) is 43.6 Å². The van der Waals surface area contributed by atoms with Crippen LogP contribution < -0.4 is 0 Å². The smallest absolute Gasteiger partial charge is 0.00853 e. The first-order valence-corrected chi connectivity index (χ1v) is 6.64. The van der Waals surface area contributed by atoms with Gasteiger partial charge in [-0.1, -0.05) is 43.6 Å². The monoisotopic (exact) mass is 246 g/mol. The van der Waals surface area contributed by atoms with Gasteiger partial charge in [-0.2, -0.15) is 0 Å². The fraction of sp³-hybridized carbons (Fsp3) is 1.00. The van der Waals surface area contributed by atoms with Gasteiger partial charge in [0.05, 0.1) is 0 Å². The summed E-state index contributed by atoms with van der Waals surface area (Å²) in [5, 5.41) is 1.14. The van der Waals surface area contributed by atoms with Crippen molar-refractivity contribution in [2.75, 3.05) is 5.33 Å². The fourth-order valence-electron chi connectivity index (χ4n) is 2.69. The van der Waals surface area contributed by atoms with Crippen molar-refractivity contribution in [2.24, 2.45) is 23.2 Å². The molecule has 78 valence electrons. The predicted octanol–water partition coefficient (Wildman–Crippen LogP) is 4.48. The summed E-state index contributed by atoms with van der Waals surface area (Å²) >= 11 is 3.65. The second-order valence-electron chi connectivity index (χ2n) is 5.74. The molecule has 0 spiro atoms. The standard InChI is InChI=1S/C12H23Br/c1-9-5-10(2)7-11(6-9)12(3,4)8-13/h9-11H,5-8H2,1-4H3. The van der Waals surface area contributed by atoms with Crippen LogP contribution >= 0.6 is 15.9 Å². The van der Waals surface area contributed by atoms with Crippen LogP contribution in [-0.2, 0) is 0 Å². The van der Waals surface area contributed by atoms with Gasteiger partial charge in [0.15, 0.2) is 0 Å². The topological polar surface area (TPSA) is 0 Å². The molecule has 1 saturated carbocycles. The zero-order valence-corrected chi connectivity index (χ0v) is 11.0. The summed E-state index contributed by atoms with van der Waals surface area (Å²) in [5.74, 6) is 2.80. The third-order valence-corrected chi connectivity index (χ3v) is 5.07. The maximum absolute atomic E-state index is 3.65. The molecule has 0 nitrogen and oxygen atoms in total. The Labute approximate surface area is 91.6 Å². The normalized spacial score (nSPS) is 36.2. The van der Waals surface area contributed by atoms with E-state index in [1.807, 2.05) is 0 Å². The van der Waals surface area contributed by atoms with Crippen molar-refractivity contribution in [1.29, 1.82) is 0 Å². The molecular formula is C12H23Br. The predicted molar refractivity (Wildman–Crippen MR) is 63.2 cm³/mol. The minimum absolute atomic E-state index is 0.489. The lowest BCUT2D eigenvalue weighted by Crippen LogP contribution is -2.32. The average molecular weight is 247 g/mol. The van der Waals surface area contributed by atoms with Crippen molar-refractivity contribution in [3.8, 4) is 0 Å². The van der Waals surface area contributed by atoms with Gasteiger partial charge in [0, 0.05) is 5.33 Å². The first-order chi connectivity index (χ1) is 5.95. The lowest BCUT2D eigenvalue weighted by atomic mass is 9.66. The summed E-state index contributed by atoms with van der Waals surface area (Å²) in [4.78, 5) is 0. The van der Waals surface area contributed by atoms with Crippen molar-refractivity contribution in [3.63, 3.8) is 0 Å². The first kappa shape index (κ1) is 11.6. The van der Waals surface area contributed by atoms with Gasteiger partial charge in [-0.05, 0) is 42.4 Å². The minimum Gasteiger partial charge on any atom is -0.0922 e. The van der Waals surface area contributed by atoms with Crippen LogP contribution in [0.1, 0.15) is 47.0 Å². The molecule has 1 rings (SSSR count). The largest absolute Gasteiger partial charge is 0.0922 e. The molecule has 0 amide bonds. The first-order valence-electron chi connectivity index (χ1n) is 5.51. The molecule has 1 aliphatic rings. The highest BCUT2D eigenvalue weighted by atomic mass is 79.9. The van der Waals surface area contributed by atoms with Crippen LogP contribution in [0.5, 0.6) is 0 Å². The molecule has 0 bridgehead atoms. The second-order valence-corrected chi connectivity index (χ2v) is 6.30. The highest BCUT2D eigenvalue weighted by Crippen LogP contribution is 2.43. The van der Waals surface area contributed by atoms with Crippen molar-refractivity contribution in [2.45, 2.75) is 47.0 Å². The third-order valence-electron chi connectivity index (χ3n) is 3.63. The van der Waals surface area contributed by atoms with E-state index in [1.54, 1.807) is 0 Å². The van der Waals surface area contributed by atoms with Gasteiger partial charge in [0.25, 0.3) is 0 Å². The molecule has 0 radical (unpaired) electrons. The average Bonchev–Trinajstić information content (AvgIpc) is 2.02. The SMILES string of the molecule is CC1CC(C)CC(C(C)(C)CBr)C1. The molecular weight excluding hydrogens is 224 g/mol. The maximum Gasteiger partial charge on any atom is 0.00853 e. The zero-order chi connectivity index (χ0) is 10.1. The number of alkyl halides is 1. The van der Waals surface area contributed by atoms with Gasteiger partial charge < -0.3 is 0 Å². The van der Waals surface area contributed by atoms with E-state index in [0.29, 0.717) is 5.41 Å². The fourth-order valence-corrected chi connectivity index (χ4v) is 3.15. The Kier molecular flexibility index (Phi) is 3.85. The molecule has 2 atom stereocenters. The van der Waals surface area contributed by atoms with Crippen LogP contribution in [0.3, 0.4) is 0 Å². The lowest BCUT2D eigenvalue weighted by Gasteiger charge is -2.40. The number of hydrogen-bond donors (Lipinski definition) is 0. The van der Waals surface area contributed by atoms with Crippen LogP contribution in [-0.4, -0.2) is 5.33 Å². The van der Waals surface area contributed by atoms with Gasteiger partial charge in [-0.15, -0.1) is 0 Å². The van der Waals surface area contributed by atoms with Crippen molar-refractivity contribution in [3.05, 3.63) is 0 Å². The summed E-state index contributed by atoms with van der Waals surface area (Å²) < 4.78 is 0. The van der Waals surface area contributed by atoms with Gasteiger partial charge in [-0.25, -0.2) is 0 Å². The number of hydrogen-bond acceptors (Lipinski definition) is 0. The van der Waals surface area contributed by atoms with Gasteiger partial charge in [0.1, 0.15) is 0 Å². The van der Waals surface area contributed by atoms with Crippen LogP contribution in [0.25, 0.3) is 0 Å². The van der Waals surface area contributed by atoms with E-state index in [1.165, 1.54) is 19.3 Å². The zero-order valence-electron chi connectivity index (χ0n) is 9.44. The summed E-state index contributed by atoms with van der Waals surface area (Å²) in [6.07, 6.45) is 4.31. The molecule has 0 aromatic carbocycles. The lowest BCUT2D eigenvalue weighted by molar-refractivity contribution is 0.119. The highest BCUT2D eigenvalue weighted by Gasteiger charge is 2.34. The van der Waals surface area contributed by atoms with E-state index < -0.39 is 0 Å². The molecule has 0 aromatic rings. The summed E-state index contributed by atoms with van der Waals surface area (Å²) in [6.45, 7) is 9.62. The van der Waals surface area contributed by atoms with E-state index in [0.717, 1.165) is 23.1 Å². The van der Waals surface area contributed by atoms with Crippen LogP contribution in [0, 0.1) is 23.2 Å². The molecule has 2 unspecified atom stereocenters. The third kappa shape index (κ3) is 2.97. The van der Waals surface area contributed by atoms with Crippen molar-refractivity contribution < 1.29 is 0 Å². The Morgan fingerprint density at radius 3 is 1.92 bits per heavy atom. The Balaban J connectivity index is 2.59. The highest BCUT2D eigenvalue weighted by molar-refractivity contribution is 9.09. The van der Waals surface area contributed by atoms with Crippen LogP contribution in [0.4, 0.5) is 0 Å². The molecule has 1 aliphatic carbocycles. The Bertz CT molecular complexity index is 153. The Morgan fingerprint density at radius 2 is 1.54 bits per heavy atom. The maximum atomic E-state index is 3.65. The van der Waals surface area contributed by atoms with Gasteiger partial charge in [-0.3, -0.25) is 0 Å². The molecule has 0 aromatic heterocycles. The van der Waals surface area contributed by atoms with Crippen molar-refractivity contribution in [1.82, 2.24) is 0 Å². The van der Waals surface area contributed by atoms with E-state index in [9.17, 15) is 0 Å². The molecule has 1 heteroatoms. The molecule has 0 aliphatic heterocycles. The molecule has 0 saturated heterocycles. The Hall–Kier alpha value is 0.480. The molecule has 0 N–H and O–H groups in total. The quantitative estimate of drug-likeness (QED) is 0.631. The van der Waals surface area contributed by atoms with E-state index in [4.69, 9.17) is 0 Å². The second kappa shape index (κ2) is 4.33. The Morgan fingerprint density at radius 1 is 1.08 bits per heavy atom. The van der Waals surface area contributed by atoms with E-state index in [-0.39, 0.29) is 0 Å².